The van der Waals surface area contributed by atoms with Gasteiger partial charge in [-0.05, 0) is 110 Å². The van der Waals surface area contributed by atoms with E-state index in [0.29, 0.717) is 36.9 Å². The molecular weight excluding hydrogens is 694 g/mol. The zero-order chi connectivity index (χ0) is 36.1. The van der Waals surface area contributed by atoms with E-state index in [2.05, 4.69) is 69.1 Å². The van der Waals surface area contributed by atoms with Gasteiger partial charge < -0.3 is 14.4 Å². The van der Waals surface area contributed by atoms with Crippen molar-refractivity contribution in [1.29, 1.82) is 0 Å². The predicted molar refractivity (Wildman–Crippen MR) is 206 cm³/mol. The Kier molecular flexibility index (Phi) is 9.68. The van der Waals surface area contributed by atoms with E-state index in [0.717, 1.165) is 75.5 Å². The highest BCUT2D eigenvalue weighted by Crippen LogP contribution is 2.50. The molecule has 52 heavy (non-hydrogen) atoms. The van der Waals surface area contributed by atoms with Gasteiger partial charge in [-0.1, -0.05) is 67.1 Å². The van der Waals surface area contributed by atoms with E-state index in [9.17, 15) is 13.2 Å². The second-order valence-corrected chi connectivity index (χ2v) is 18.5. The van der Waals surface area contributed by atoms with Crippen LogP contribution in [0.5, 0.6) is 5.75 Å². The summed E-state index contributed by atoms with van der Waals surface area (Å²) in [5, 5.41) is -0.0268. The van der Waals surface area contributed by atoms with Gasteiger partial charge in [-0.3, -0.25) is 9.69 Å². The number of benzene rings is 3. The van der Waals surface area contributed by atoms with Gasteiger partial charge in [0.25, 0.3) is 5.91 Å². The van der Waals surface area contributed by atoms with Crippen LogP contribution in [0.1, 0.15) is 73.0 Å². The SMILES string of the molecule is C[C@@H]1[C@@H](C)C/C=C\[C@]2(CN(Cc3ccccc3)CCO2)[C@@H]2CC[C@H]2CN2C[C@@]3(CCCc4cc(Cl)ccc43)COc3ccc(cc32)C(=O)NS1(=O)=O. The minimum Gasteiger partial charge on any atom is -0.490 e. The van der Waals surface area contributed by atoms with Gasteiger partial charge in [0.1, 0.15) is 11.4 Å². The highest BCUT2D eigenvalue weighted by molar-refractivity contribution is 7.90. The second-order valence-electron chi connectivity index (χ2n) is 16.0. The van der Waals surface area contributed by atoms with E-state index in [1.165, 1.54) is 16.7 Å². The number of allylic oxidation sites excluding steroid dienone is 1. The normalized spacial score (nSPS) is 32.4. The molecule has 2 spiro atoms. The van der Waals surface area contributed by atoms with Crippen LogP contribution < -0.4 is 14.4 Å². The standard InChI is InChI=1S/C42H50ClN3O5S/c1-29-8-6-19-42(27-45(20-21-51-42)24-31-9-4-3-5-10-31)37-15-12-34(37)25-46-26-41(18-7-11-32-22-35(43)14-16-36(32)41)28-50-39-17-13-33(23-38(39)46)40(47)44-52(48,49)30(29)2/h3-6,9-10,13-14,16-17,19,22-23,29-30,34,37H,7-8,11-12,15,18,20-21,24-28H2,1-2H3,(H,44,47)/b19-6-/t29-,30+,34-,37+,41-,42-/m0/s1. The monoisotopic (exact) mass is 743 g/mol. The molecule has 276 valence electrons. The molecule has 3 aliphatic heterocycles. The fraction of sp³-hybridized carbons (Fsp3) is 0.500. The van der Waals surface area contributed by atoms with Crippen molar-refractivity contribution in [2.24, 2.45) is 17.8 Å². The molecule has 10 heteroatoms. The third-order valence-corrected chi connectivity index (χ3v) is 14.9. The number of fused-ring (bicyclic) bond motifs is 5. The number of carbonyl (C=O) groups excluding carboxylic acids is 1. The third-order valence-electron chi connectivity index (χ3n) is 12.7. The Bertz CT molecular complexity index is 1960. The van der Waals surface area contributed by atoms with Crippen molar-refractivity contribution in [3.8, 4) is 5.75 Å². The predicted octanol–water partition coefficient (Wildman–Crippen LogP) is 7.15. The second kappa shape index (κ2) is 14.1. The van der Waals surface area contributed by atoms with Crippen LogP contribution in [0.4, 0.5) is 5.69 Å². The molecule has 0 radical (unpaired) electrons. The van der Waals surface area contributed by atoms with E-state index >= 15 is 0 Å². The van der Waals surface area contributed by atoms with E-state index < -0.39 is 26.8 Å². The molecule has 8 rings (SSSR count). The number of amides is 1. The lowest BCUT2D eigenvalue weighted by Gasteiger charge is -2.54. The molecule has 2 fully saturated rings. The number of hydrogen-bond acceptors (Lipinski definition) is 7. The molecule has 0 aromatic heterocycles. The zero-order valence-corrected chi connectivity index (χ0v) is 31.8. The van der Waals surface area contributed by atoms with E-state index in [-0.39, 0.29) is 17.3 Å². The van der Waals surface area contributed by atoms with Gasteiger partial charge in [0, 0.05) is 48.7 Å². The molecule has 5 aliphatic rings. The molecule has 0 unspecified atom stereocenters. The van der Waals surface area contributed by atoms with Gasteiger partial charge >= 0.3 is 0 Å². The maximum Gasteiger partial charge on any atom is 0.264 e. The molecule has 3 aromatic rings. The first-order chi connectivity index (χ1) is 25.0. The molecule has 1 amide bonds. The first kappa shape index (κ1) is 35.6. The number of rotatable bonds is 2. The molecule has 3 heterocycles. The Morgan fingerprint density at radius 1 is 1.02 bits per heavy atom. The molecule has 1 saturated carbocycles. The van der Waals surface area contributed by atoms with Crippen molar-refractivity contribution in [2.75, 3.05) is 44.3 Å². The topological polar surface area (TPSA) is 88.2 Å². The van der Waals surface area contributed by atoms with Crippen LogP contribution in [0.25, 0.3) is 0 Å². The lowest BCUT2D eigenvalue weighted by molar-refractivity contribution is -0.146. The fourth-order valence-corrected chi connectivity index (χ4v) is 11.0. The van der Waals surface area contributed by atoms with Crippen LogP contribution in [-0.2, 0) is 33.1 Å². The lowest BCUT2D eigenvalue weighted by atomic mass is 9.63. The Labute approximate surface area is 313 Å². The lowest BCUT2D eigenvalue weighted by Crippen LogP contribution is -2.60. The number of aryl methyl sites for hydroxylation is 1. The number of carbonyl (C=O) groups is 1. The van der Waals surface area contributed by atoms with Crippen molar-refractivity contribution >= 4 is 33.2 Å². The summed E-state index contributed by atoms with van der Waals surface area (Å²) in [5.41, 5.74) is 4.23. The highest BCUT2D eigenvalue weighted by Gasteiger charge is 2.51. The minimum atomic E-state index is -3.95. The third kappa shape index (κ3) is 6.78. The van der Waals surface area contributed by atoms with Crippen LogP contribution in [0.2, 0.25) is 5.02 Å². The maximum atomic E-state index is 13.6. The highest BCUT2D eigenvalue weighted by atomic mass is 35.5. The number of ether oxygens (including phenoxy) is 2. The molecule has 1 N–H and O–H groups in total. The van der Waals surface area contributed by atoms with Crippen molar-refractivity contribution in [1.82, 2.24) is 9.62 Å². The Balaban J connectivity index is 1.20. The molecule has 1 saturated heterocycles. The average Bonchev–Trinajstić information content (AvgIpc) is 3.26. The van der Waals surface area contributed by atoms with E-state index in [4.69, 9.17) is 21.1 Å². The number of nitrogens with zero attached hydrogens (tertiary/aromatic N) is 2. The molecule has 8 nitrogen and oxygen atoms in total. The van der Waals surface area contributed by atoms with Crippen LogP contribution in [0.15, 0.2) is 78.9 Å². The van der Waals surface area contributed by atoms with Crippen molar-refractivity contribution in [3.63, 3.8) is 0 Å². The van der Waals surface area contributed by atoms with Crippen molar-refractivity contribution < 1.29 is 22.7 Å². The summed E-state index contributed by atoms with van der Waals surface area (Å²) in [7, 11) is -3.95. The van der Waals surface area contributed by atoms with Crippen molar-refractivity contribution in [2.45, 2.75) is 75.2 Å². The zero-order valence-electron chi connectivity index (χ0n) is 30.2. The van der Waals surface area contributed by atoms with Gasteiger partial charge in [0.05, 0.1) is 24.2 Å². The fourth-order valence-electron chi connectivity index (χ4n) is 9.49. The molecule has 3 aromatic carbocycles. The average molecular weight is 744 g/mol. The molecule has 2 aliphatic carbocycles. The Morgan fingerprint density at radius 2 is 1.87 bits per heavy atom. The summed E-state index contributed by atoms with van der Waals surface area (Å²) < 4.78 is 43.2. The van der Waals surface area contributed by atoms with E-state index in [1.807, 2.05) is 25.1 Å². The largest absolute Gasteiger partial charge is 0.490 e. The van der Waals surface area contributed by atoms with Crippen LogP contribution in [0.3, 0.4) is 0 Å². The van der Waals surface area contributed by atoms with Crippen molar-refractivity contribution in [3.05, 3.63) is 106 Å². The summed E-state index contributed by atoms with van der Waals surface area (Å²) in [5.74, 6) is 0.511. The van der Waals surface area contributed by atoms with Gasteiger partial charge in [-0.2, -0.15) is 0 Å². The van der Waals surface area contributed by atoms with Crippen LogP contribution >= 0.6 is 11.6 Å². The van der Waals surface area contributed by atoms with E-state index in [1.54, 1.807) is 13.0 Å². The quantitative estimate of drug-likeness (QED) is 0.279. The number of halogens is 1. The maximum absolute atomic E-state index is 13.6. The van der Waals surface area contributed by atoms with Crippen LogP contribution in [0, 0.1) is 17.8 Å². The van der Waals surface area contributed by atoms with Gasteiger partial charge in [0.15, 0.2) is 0 Å². The summed E-state index contributed by atoms with van der Waals surface area (Å²) in [6.45, 7) is 8.77. The first-order valence-electron chi connectivity index (χ1n) is 19.0. The summed E-state index contributed by atoms with van der Waals surface area (Å²) in [6, 6.07) is 22.3. The van der Waals surface area contributed by atoms with Crippen LogP contribution in [-0.4, -0.2) is 69.5 Å². The summed E-state index contributed by atoms with van der Waals surface area (Å²) >= 11 is 6.50. The van der Waals surface area contributed by atoms with Gasteiger partial charge in [-0.25, -0.2) is 13.1 Å². The smallest absolute Gasteiger partial charge is 0.264 e. The summed E-state index contributed by atoms with van der Waals surface area (Å²) in [6.07, 6.45) is 10.1. The molecule has 6 atom stereocenters. The van der Waals surface area contributed by atoms with Gasteiger partial charge in [0.2, 0.25) is 10.0 Å². The Hall–Kier alpha value is -3.37. The number of anilines is 1. The number of sulfonamides is 1. The Morgan fingerprint density at radius 3 is 2.67 bits per heavy atom. The first-order valence-corrected chi connectivity index (χ1v) is 20.9. The summed E-state index contributed by atoms with van der Waals surface area (Å²) in [4.78, 5) is 18.6. The number of nitrogens with one attached hydrogen (secondary N) is 1. The number of morpholine rings is 1. The molecule has 2 bridgehead atoms. The molecular formula is C42H50ClN3O5S. The van der Waals surface area contributed by atoms with Gasteiger partial charge in [-0.15, -0.1) is 0 Å². The minimum absolute atomic E-state index is 0.215. The number of hydrogen-bond donors (Lipinski definition) is 1.